The van der Waals surface area contributed by atoms with Gasteiger partial charge in [0.1, 0.15) is 0 Å². The van der Waals surface area contributed by atoms with Crippen LogP contribution < -0.4 is 4.74 Å². The number of rotatable bonds is 4. The minimum atomic E-state index is -3.69. The van der Waals surface area contributed by atoms with E-state index in [1.165, 1.54) is 0 Å². The third-order valence-electron chi connectivity index (χ3n) is 1.80. The average Bonchev–Trinajstić information content (AvgIpc) is 2.71. The second-order valence-corrected chi connectivity index (χ2v) is 6.18. The van der Waals surface area contributed by atoms with E-state index in [2.05, 4.69) is 18.6 Å². The fourth-order valence-electron chi connectivity index (χ4n) is 1.08. The Morgan fingerprint density at radius 2 is 2.00 bits per heavy atom. The first-order valence-electron chi connectivity index (χ1n) is 4.93. The van der Waals surface area contributed by atoms with Crippen LogP contribution in [-0.2, 0) is 19.3 Å². The summed E-state index contributed by atoms with van der Waals surface area (Å²) in [5, 5.41) is 0. The molecule has 0 saturated heterocycles. The van der Waals surface area contributed by atoms with Gasteiger partial charge in [0, 0.05) is 6.26 Å². The van der Waals surface area contributed by atoms with Crippen LogP contribution in [0, 0.1) is 0 Å². The molecular formula is C9H11NO7S2. The highest BCUT2D eigenvalue weighted by molar-refractivity contribution is 7.92. The first-order chi connectivity index (χ1) is 8.81. The summed E-state index contributed by atoms with van der Waals surface area (Å²) in [7, 11) is -2.62. The molecule has 0 spiro atoms. The number of hydrogen-bond acceptors (Lipinski definition) is 9. The van der Waals surface area contributed by atoms with Crippen molar-refractivity contribution in [1.82, 2.24) is 4.37 Å². The molecule has 1 aromatic rings. The Balaban J connectivity index is 3.23. The Morgan fingerprint density at radius 1 is 1.37 bits per heavy atom. The first kappa shape index (κ1) is 15.4. The molecule has 0 unspecified atom stereocenters. The average molecular weight is 309 g/mol. The monoisotopic (exact) mass is 309 g/mol. The quantitative estimate of drug-likeness (QED) is 0.754. The van der Waals surface area contributed by atoms with Gasteiger partial charge in [-0.3, -0.25) is 0 Å². The van der Waals surface area contributed by atoms with Crippen LogP contribution in [0.1, 0.15) is 17.3 Å². The zero-order chi connectivity index (χ0) is 14.6. The molecule has 0 fully saturated rings. The van der Waals surface area contributed by atoms with Crippen molar-refractivity contribution in [2.75, 3.05) is 20.0 Å². The molecule has 1 rings (SSSR count). The van der Waals surface area contributed by atoms with E-state index in [0.717, 1.165) is 13.4 Å². The number of sulfone groups is 1. The zero-order valence-electron chi connectivity index (χ0n) is 10.3. The summed E-state index contributed by atoms with van der Waals surface area (Å²) >= 11 is 0.515. The van der Waals surface area contributed by atoms with Gasteiger partial charge in [-0.2, -0.15) is 4.37 Å². The summed E-state index contributed by atoms with van der Waals surface area (Å²) in [6.45, 7) is 1.63. The van der Waals surface area contributed by atoms with E-state index in [0.29, 0.717) is 11.5 Å². The fourth-order valence-corrected chi connectivity index (χ4v) is 2.83. The lowest BCUT2D eigenvalue weighted by molar-refractivity contribution is 0.0590. The first-order valence-corrected chi connectivity index (χ1v) is 7.60. The molecule has 0 atom stereocenters. The lowest BCUT2D eigenvalue weighted by Crippen LogP contribution is -2.14. The molecule has 19 heavy (non-hydrogen) atoms. The highest BCUT2D eigenvalue weighted by Crippen LogP contribution is 2.30. The van der Waals surface area contributed by atoms with Gasteiger partial charge in [-0.05, 0) is 18.5 Å². The fraction of sp³-hybridized carbons (Fsp3) is 0.444. The van der Waals surface area contributed by atoms with Gasteiger partial charge in [0.2, 0.25) is 0 Å². The van der Waals surface area contributed by atoms with Crippen molar-refractivity contribution in [3.05, 3.63) is 5.56 Å². The Morgan fingerprint density at radius 3 is 2.47 bits per heavy atom. The van der Waals surface area contributed by atoms with Crippen molar-refractivity contribution in [3.8, 4) is 5.88 Å². The third kappa shape index (κ3) is 3.64. The van der Waals surface area contributed by atoms with Crippen LogP contribution in [0.5, 0.6) is 5.88 Å². The second-order valence-electron chi connectivity index (χ2n) is 3.20. The van der Waals surface area contributed by atoms with Crippen molar-refractivity contribution >= 4 is 33.5 Å². The van der Waals surface area contributed by atoms with E-state index in [-0.39, 0.29) is 10.8 Å². The van der Waals surface area contributed by atoms with Gasteiger partial charge in [0.25, 0.3) is 5.88 Å². The van der Waals surface area contributed by atoms with Crippen LogP contribution in [0.15, 0.2) is 4.21 Å². The summed E-state index contributed by atoms with van der Waals surface area (Å²) in [5.74, 6) is -1.41. The van der Waals surface area contributed by atoms with Gasteiger partial charge in [-0.1, -0.05) is 0 Å². The highest BCUT2D eigenvalue weighted by atomic mass is 32.2. The topological polar surface area (TPSA) is 109 Å². The molecule has 0 aliphatic rings. The van der Waals surface area contributed by atoms with Crippen LogP contribution in [0.25, 0.3) is 0 Å². The predicted molar refractivity (Wildman–Crippen MR) is 64.2 cm³/mol. The Bertz CT molecular complexity index is 590. The molecule has 0 saturated carbocycles. The lowest BCUT2D eigenvalue weighted by atomic mass is 10.3. The minimum Gasteiger partial charge on any atom is -0.465 e. The molecule has 106 valence electrons. The SMILES string of the molecule is CCOC(=O)Oc1nsc(S(C)(=O)=O)c1C(=O)OC. The second kappa shape index (κ2) is 5.97. The molecule has 8 nitrogen and oxygen atoms in total. The molecule has 1 heterocycles. The van der Waals surface area contributed by atoms with Crippen molar-refractivity contribution in [1.29, 1.82) is 0 Å². The number of hydrogen-bond donors (Lipinski definition) is 0. The Kier molecular flexibility index (Phi) is 4.84. The summed E-state index contributed by atoms with van der Waals surface area (Å²) in [6.07, 6.45) is -0.181. The molecule has 0 N–H and O–H groups in total. The molecule has 0 aliphatic carbocycles. The third-order valence-corrected chi connectivity index (χ3v) is 4.43. The van der Waals surface area contributed by atoms with Crippen molar-refractivity contribution < 1.29 is 32.2 Å². The molecule has 0 amide bonds. The standard InChI is InChI=1S/C9H11NO7S2/c1-4-16-9(12)17-6-5(7(11)15-2)8(18-10-6)19(3,13)14/h4H2,1-3H3. The van der Waals surface area contributed by atoms with Gasteiger partial charge in [0.05, 0.1) is 13.7 Å². The summed E-state index contributed by atoms with van der Waals surface area (Å²) in [6, 6.07) is 0. The molecule has 10 heteroatoms. The van der Waals surface area contributed by atoms with E-state index >= 15 is 0 Å². The summed E-state index contributed by atoms with van der Waals surface area (Å²) in [4.78, 5) is 22.7. The van der Waals surface area contributed by atoms with Crippen molar-refractivity contribution in [2.24, 2.45) is 0 Å². The van der Waals surface area contributed by atoms with Gasteiger partial charge in [0.15, 0.2) is 19.6 Å². The number of ether oxygens (including phenoxy) is 3. The molecular weight excluding hydrogens is 298 g/mol. The van der Waals surface area contributed by atoms with Crippen molar-refractivity contribution in [3.63, 3.8) is 0 Å². The van der Waals surface area contributed by atoms with Gasteiger partial charge >= 0.3 is 12.1 Å². The van der Waals surface area contributed by atoms with Gasteiger partial charge in [-0.25, -0.2) is 18.0 Å². The van der Waals surface area contributed by atoms with Crippen LogP contribution in [0.4, 0.5) is 4.79 Å². The van der Waals surface area contributed by atoms with Crippen LogP contribution >= 0.6 is 11.5 Å². The number of aromatic nitrogens is 1. The molecule has 0 bridgehead atoms. The van der Waals surface area contributed by atoms with E-state index in [1.807, 2.05) is 0 Å². The van der Waals surface area contributed by atoms with Crippen LogP contribution in [0.3, 0.4) is 0 Å². The van der Waals surface area contributed by atoms with E-state index < -0.39 is 33.4 Å². The smallest absolute Gasteiger partial charge is 0.465 e. The molecule has 1 aromatic heterocycles. The van der Waals surface area contributed by atoms with Crippen LogP contribution in [-0.4, -0.2) is 44.9 Å². The maximum atomic E-state index is 11.6. The maximum absolute atomic E-state index is 11.6. The highest BCUT2D eigenvalue weighted by Gasteiger charge is 2.30. The molecule has 0 aromatic carbocycles. The number of nitrogens with zero attached hydrogens (tertiary/aromatic N) is 1. The zero-order valence-corrected chi connectivity index (χ0v) is 12.0. The molecule has 0 aliphatic heterocycles. The molecule has 0 radical (unpaired) electrons. The predicted octanol–water partition coefficient (Wildman–Crippen LogP) is 0.869. The van der Waals surface area contributed by atoms with Gasteiger partial charge < -0.3 is 14.2 Å². The summed E-state index contributed by atoms with van der Waals surface area (Å²) < 4.78 is 39.9. The maximum Gasteiger partial charge on any atom is 0.515 e. The normalized spacial score (nSPS) is 10.9. The lowest BCUT2D eigenvalue weighted by Gasteiger charge is -2.04. The minimum absolute atomic E-state index is 0.0649. The van der Waals surface area contributed by atoms with E-state index in [1.54, 1.807) is 6.92 Å². The van der Waals surface area contributed by atoms with E-state index in [4.69, 9.17) is 0 Å². The van der Waals surface area contributed by atoms with Crippen molar-refractivity contribution in [2.45, 2.75) is 11.1 Å². The Hall–Kier alpha value is -1.68. The van der Waals surface area contributed by atoms with Crippen LogP contribution in [0.2, 0.25) is 0 Å². The van der Waals surface area contributed by atoms with E-state index in [9.17, 15) is 18.0 Å². The van der Waals surface area contributed by atoms with Gasteiger partial charge in [-0.15, -0.1) is 0 Å². The number of carbonyl (C=O) groups is 2. The number of esters is 1. The summed E-state index contributed by atoms with van der Waals surface area (Å²) in [5.41, 5.74) is -0.414. The Labute approximate surface area is 113 Å². The number of carbonyl (C=O) groups excluding carboxylic acids is 2. The largest absolute Gasteiger partial charge is 0.515 e. The number of methoxy groups -OCH3 is 1.